The molecular formula is C16H14Cl2N2O3. The van der Waals surface area contributed by atoms with E-state index in [-0.39, 0.29) is 11.3 Å². The summed E-state index contributed by atoms with van der Waals surface area (Å²) in [6, 6.07) is 9.16. The second kappa shape index (κ2) is 6.98. The predicted octanol–water partition coefficient (Wildman–Crippen LogP) is 4.70. The number of nitro groups is 1. The van der Waals surface area contributed by atoms with Gasteiger partial charge in [0, 0.05) is 15.6 Å². The molecule has 5 nitrogen and oxygen atoms in total. The molecule has 0 saturated carbocycles. The molecule has 0 aromatic heterocycles. The predicted molar refractivity (Wildman–Crippen MR) is 90.2 cm³/mol. The highest BCUT2D eigenvalue weighted by molar-refractivity contribution is 6.35. The van der Waals surface area contributed by atoms with Crippen LogP contribution >= 0.6 is 23.2 Å². The van der Waals surface area contributed by atoms with Crippen molar-refractivity contribution in [3.8, 4) is 0 Å². The van der Waals surface area contributed by atoms with Crippen LogP contribution in [0, 0.1) is 17.0 Å². The zero-order chi connectivity index (χ0) is 17.1. The van der Waals surface area contributed by atoms with E-state index in [0.717, 1.165) is 0 Å². The first-order chi connectivity index (χ1) is 10.8. The Bertz CT molecular complexity index is 778. The molecule has 0 aliphatic rings. The van der Waals surface area contributed by atoms with Crippen LogP contribution in [0.3, 0.4) is 0 Å². The molecule has 120 valence electrons. The Morgan fingerprint density at radius 1 is 1.26 bits per heavy atom. The SMILES string of the molecule is Cc1cccc(C(=O)N[C@H](C)c2ccc(Cl)cc2Cl)c1[N+](=O)[O-]. The third kappa shape index (κ3) is 3.81. The molecule has 23 heavy (non-hydrogen) atoms. The van der Waals surface area contributed by atoms with Gasteiger partial charge in [-0.1, -0.05) is 41.4 Å². The van der Waals surface area contributed by atoms with Crippen LogP contribution in [0.15, 0.2) is 36.4 Å². The molecule has 1 N–H and O–H groups in total. The third-order valence-corrected chi connectivity index (χ3v) is 4.00. The van der Waals surface area contributed by atoms with Gasteiger partial charge in [0.05, 0.1) is 11.0 Å². The number of benzene rings is 2. The van der Waals surface area contributed by atoms with Crippen LogP contribution in [0.1, 0.15) is 34.5 Å². The van der Waals surface area contributed by atoms with Gasteiger partial charge in [0.2, 0.25) is 0 Å². The van der Waals surface area contributed by atoms with E-state index in [2.05, 4.69) is 5.32 Å². The van der Waals surface area contributed by atoms with Crippen LogP contribution in [0.4, 0.5) is 5.69 Å². The van der Waals surface area contributed by atoms with Crippen LogP contribution in [-0.4, -0.2) is 10.8 Å². The largest absolute Gasteiger partial charge is 0.345 e. The maximum Gasteiger partial charge on any atom is 0.285 e. The van der Waals surface area contributed by atoms with Gasteiger partial charge in [-0.2, -0.15) is 0 Å². The number of nitrogens with one attached hydrogen (secondary N) is 1. The topological polar surface area (TPSA) is 72.2 Å². The van der Waals surface area contributed by atoms with Crippen molar-refractivity contribution in [1.29, 1.82) is 0 Å². The van der Waals surface area contributed by atoms with Crippen molar-refractivity contribution in [2.45, 2.75) is 19.9 Å². The Morgan fingerprint density at radius 3 is 2.57 bits per heavy atom. The average molecular weight is 353 g/mol. The van der Waals surface area contributed by atoms with E-state index in [1.54, 1.807) is 44.2 Å². The molecule has 7 heteroatoms. The number of aryl methyl sites for hydroxylation is 1. The lowest BCUT2D eigenvalue weighted by molar-refractivity contribution is -0.385. The number of nitro benzene ring substituents is 1. The number of halogens is 2. The van der Waals surface area contributed by atoms with Crippen molar-refractivity contribution in [1.82, 2.24) is 5.32 Å². The molecule has 0 fully saturated rings. The Labute approximate surface area is 143 Å². The highest BCUT2D eigenvalue weighted by atomic mass is 35.5. The number of hydrogen-bond acceptors (Lipinski definition) is 3. The number of amides is 1. The first-order valence-electron chi connectivity index (χ1n) is 6.81. The van der Waals surface area contributed by atoms with Crippen molar-refractivity contribution in [3.63, 3.8) is 0 Å². The van der Waals surface area contributed by atoms with E-state index in [1.807, 2.05) is 0 Å². The third-order valence-electron chi connectivity index (χ3n) is 3.44. The molecule has 2 aromatic rings. The average Bonchev–Trinajstić information content (AvgIpc) is 2.46. The molecule has 2 rings (SSSR count). The van der Waals surface area contributed by atoms with Crippen molar-refractivity contribution in [2.24, 2.45) is 0 Å². The lowest BCUT2D eigenvalue weighted by Crippen LogP contribution is -2.27. The summed E-state index contributed by atoms with van der Waals surface area (Å²) in [6.07, 6.45) is 0. The van der Waals surface area contributed by atoms with Gasteiger partial charge in [0.25, 0.3) is 11.6 Å². The Morgan fingerprint density at radius 2 is 1.96 bits per heavy atom. The fraction of sp³-hybridized carbons (Fsp3) is 0.188. The van der Waals surface area contributed by atoms with E-state index in [1.165, 1.54) is 6.07 Å². The van der Waals surface area contributed by atoms with Gasteiger partial charge in [0.1, 0.15) is 5.56 Å². The quantitative estimate of drug-likeness (QED) is 0.640. The summed E-state index contributed by atoms with van der Waals surface area (Å²) in [5, 5.41) is 14.8. The van der Waals surface area contributed by atoms with Crippen LogP contribution in [0.5, 0.6) is 0 Å². The second-order valence-corrected chi connectivity index (χ2v) is 5.93. The minimum Gasteiger partial charge on any atom is -0.345 e. The first-order valence-corrected chi connectivity index (χ1v) is 7.56. The zero-order valence-electron chi connectivity index (χ0n) is 12.5. The lowest BCUT2D eigenvalue weighted by atomic mass is 10.1. The molecule has 0 radical (unpaired) electrons. The molecule has 2 aromatic carbocycles. The fourth-order valence-electron chi connectivity index (χ4n) is 2.29. The summed E-state index contributed by atoms with van der Waals surface area (Å²) in [6.45, 7) is 3.34. The summed E-state index contributed by atoms with van der Waals surface area (Å²) in [7, 11) is 0. The van der Waals surface area contributed by atoms with Crippen LogP contribution < -0.4 is 5.32 Å². The maximum atomic E-state index is 12.4. The van der Waals surface area contributed by atoms with Crippen LogP contribution in [0.25, 0.3) is 0 Å². The molecule has 0 bridgehead atoms. The van der Waals surface area contributed by atoms with Gasteiger partial charge in [-0.05, 0) is 37.6 Å². The number of carbonyl (C=O) groups excluding carboxylic acids is 1. The number of rotatable bonds is 4. The van der Waals surface area contributed by atoms with Gasteiger partial charge in [-0.25, -0.2) is 0 Å². The van der Waals surface area contributed by atoms with Gasteiger partial charge in [-0.15, -0.1) is 0 Å². The van der Waals surface area contributed by atoms with E-state index in [9.17, 15) is 14.9 Å². The minimum atomic E-state index is -0.551. The lowest BCUT2D eigenvalue weighted by Gasteiger charge is -2.16. The van der Waals surface area contributed by atoms with Gasteiger partial charge < -0.3 is 5.32 Å². The highest BCUT2D eigenvalue weighted by Gasteiger charge is 2.24. The smallest absolute Gasteiger partial charge is 0.285 e. The molecule has 0 spiro atoms. The van der Waals surface area contributed by atoms with Crippen LogP contribution in [0.2, 0.25) is 10.0 Å². The summed E-state index contributed by atoms with van der Waals surface area (Å²) in [5.74, 6) is -0.529. The summed E-state index contributed by atoms with van der Waals surface area (Å²) in [5.41, 5.74) is 0.936. The Balaban J connectivity index is 2.29. The van der Waals surface area contributed by atoms with Crippen molar-refractivity contribution in [2.75, 3.05) is 0 Å². The van der Waals surface area contributed by atoms with Gasteiger partial charge in [-0.3, -0.25) is 14.9 Å². The number of para-hydroxylation sites is 1. The molecule has 0 saturated heterocycles. The van der Waals surface area contributed by atoms with E-state index >= 15 is 0 Å². The van der Waals surface area contributed by atoms with Gasteiger partial charge in [0.15, 0.2) is 0 Å². The molecular weight excluding hydrogens is 339 g/mol. The molecule has 0 aliphatic heterocycles. The Hall–Kier alpha value is -2.11. The standard InChI is InChI=1S/C16H14Cl2N2O3/c1-9-4-3-5-13(15(9)20(22)23)16(21)19-10(2)12-7-6-11(17)8-14(12)18/h3-8,10H,1-2H3,(H,19,21)/t10-/m1/s1. The number of carbonyl (C=O) groups is 1. The number of hydrogen-bond donors (Lipinski definition) is 1. The second-order valence-electron chi connectivity index (χ2n) is 5.09. The van der Waals surface area contributed by atoms with E-state index in [4.69, 9.17) is 23.2 Å². The first kappa shape index (κ1) is 17.2. The van der Waals surface area contributed by atoms with Crippen molar-refractivity contribution < 1.29 is 9.72 Å². The molecule has 0 heterocycles. The summed E-state index contributed by atoms with van der Waals surface area (Å²) >= 11 is 12.0. The van der Waals surface area contributed by atoms with Crippen molar-refractivity contribution >= 4 is 34.8 Å². The van der Waals surface area contributed by atoms with Crippen molar-refractivity contribution in [3.05, 3.63) is 73.2 Å². The van der Waals surface area contributed by atoms with Gasteiger partial charge >= 0.3 is 0 Å². The fourth-order valence-corrected chi connectivity index (χ4v) is 2.86. The number of nitrogens with zero attached hydrogens (tertiary/aromatic N) is 1. The monoisotopic (exact) mass is 352 g/mol. The summed E-state index contributed by atoms with van der Waals surface area (Å²) in [4.78, 5) is 23.0. The molecule has 0 unspecified atom stereocenters. The normalized spacial score (nSPS) is 11.8. The zero-order valence-corrected chi connectivity index (χ0v) is 14.0. The minimum absolute atomic E-state index is 0.0203. The van der Waals surface area contributed by atoms with E-state index < -0.39 is 16.9 Å². The van der Waals surface area contributed by atoms with E-state index in [0.29, 0.717) is 21.2 Å². The molecule has 0 aliphatic carbocycles. The highest BCUT2D eigenvalue weighted by Crippen LogP contribution is 2.27. The van der Waals surface area contributed by atoms with Crippen LogP contribution in [-0.2, 0) is 0 Å². The molecule has 1 amide bonds. The Kier molecular flexibility index (Phi) is 5.23. The molecule has 1 atom stereocenters. The maximum absolute atomic E-state index is 12.4. The summed E-state index contributed by atoms with van der Waals surface area (Å²) < 4.78 is 0.